The first-order valence-corrected chi connectivity index (χ1v) is 8.78. The van der Waals surface area contributed by atoms with Gasteiger partial charge in [0.1, 0.15) is 29.0 Å². The maximum Gasteiger partial charge on any atom is 0.305 e. The van der Waals surface area contributed by atoms with Gasteiger partial charge in [0.15, 0.2) is 0 Å². The summed E-state index contributed by atoms with van der Waals surface area (Å²) in [5, 5.41) is 23.1. The number of nitriles is 1. The number of anilines is 1. The molecule has 0 bridgehead atoms. The number of nitrogen functional groups attached to an aromatic ring is 1. The molecule has 3 aromatic heterocycles. The first kappa shape index (κ1) is 19.2. The van der Waals surface area contributed by atoms with Crippen LogP contribution in [0.4, 0.5) is 5.82 Å². The first-order chi connectivity index (χ1) is 13.2. The standard InChI is InChI=1S/C20H21N5O3/c1-10(7-18(26)27)25-13(4)19(12(3)24-25)16-8-14(15(9-21)20(22)23-16)17-6-5-11(2)28-17/h5-6,8,10H,7H2,1-4H3,(H2,22,23)(H,26,27)/t10-/m0/s1. The van der Waals surface area contributed by atoms with Crippen LogP contribution in [0.5, 0.6) is 0 Å². The van der Waals surface area contributed by atoms with Gasteiger partial charge >= 0.3 is 5.97 Å². The van der Waals surface area contributed by atoms with Crippen molar-refractivity contribution in [1.82, 2.24) is 14.8 Å². The van der Waals surface area contributed by atoms with Gasteiger partial charge in [0.25, 0.3) is 0 Å². The monoisotopic (exact) mass is 379 g/mol. The Kier molecular flexibility index (Phi) is 4.92. The number of carboxylic acids is 1. The number of aromatic nitrogens is 3. The van der Waals surface area contributed by atoms with Gasteiger partial charge in [-0.3, -0.25) is 9.48 Å². The SMILES string of the molecule is Cc1ccc(-c2cc(-c3c(C)nn([C@@H](C)CC(=O)O)c3C)nc(N)c2C#N)o1. The van der Waals surface area contributed by atoms with Crippen LogP contribution in [0.1, 0.15) is 42.1 Å². The van der Waals surface area contributed by atoms with Crippen molar-refractivity contribution in [1.29, 1.82) is 5.26 Å². The summed E-state index contributed by atoms with van der Waals surface area (Å²) in [6, 6.07) is 7.14. The molecular weight excluding hydrogens is 358 g/mol. The van der Waals surface area contributed by atoms with Crippen molar-refractivity contribution in [3.63, 3.8) is 0 Å². The van der Waals surface area contributed by atoms with Crippen LogP contribution in [0, 0.1) is 32.1 Å². The molecule has 0 unspecified atom stereocenters. The molecule has 144 valence electrons. The lowest BCUT2D eigenvalue weighted by atomic mass is 10.0. The minimum atomic E-state index is -0.891. The molecule has 0 saturated carbocycles. The van der Waals surface area contributed by atoms with Crippen molar-refractivity contribution in [3.05, 3.63) is 40.9 Å². The zero-order valence-electron chi connectivity index (χ0n) is 16.1. The Bertz CT molecular complexity index is 1100. The van der Waals surface area contributed by atoms with E-state index in [9.17, 15) is 10.1 Å². The number of aryl methyl sites for hydroxylation is 2. The van der Waals surface area contributed by atoms with Crippen molar-refractivity contribution in [2.24, 2.45) is 0 Å². The van der Waals surface area contributed by atoms with E-state index in [1.807, 2.05) is 26.8 Å². The van der Waals surface area contributed by atoms with E-state index in [0.29, 0.717) is 22.7 Å². The third kappa shape index (κ3) is 3.34. The van der Waals surface area contributed by atoms with E-state index in [0.717, 1.165) is 17.0 Å². The molecule has 3 N–H and O–H groups in total. The Labute approximate surface area is 162 Å². The third-order valence-corrected chi connectivity index (χ3v) is 4.63. The molecule has 8 heteroatoms. The highest BCUT2D eigenvalue weighted by Crippen LogP contribution is 2.35. The van der Waals surface area contributed by atoms with E-state index in [4.69, 9.17) is 15.3 Å². The van der Waals surface area contributed by atoms with Gasteiger partial charge < -0.3 is 15.3 Å². The lowest BCUT2D eigenvalue weighted by molar-refractivity contribution is -0.137. The van der Waals surface area contributed by atoms with E-state index in [-0.39, 0.29) is 23.8 Å². The number of nitrogens with two attached hydrogens (primary N) is 1. The Morgan fingerprint density at radius 2 is 2.11 bits per heavy atom. The van der Waals surface area contributed by atoms with E-state index in [1.165, 1.54) is 0 Å². The van der Waals surface area contributed by atoms with Crippen LogP contribution in [0.2, 0.25) is 0 Å². The highest BCUT2D eigenvalue weighted by atomic mass is 16.4. The van der Waals surface area contributed by atoms with Crippen LogP contribution in [0.15, 0.2) is 22.6 Å². The Balaban J connectivity index is 2.18. The van der Waals surface area contributed by atoms with Crippen molar-refractivity contribution in [2.45, 2.75) is 40.2 Å². The van der Waals surface area contributed by atoms with Gasteiger partial charge in [0.05, 0.1) is 23.9 Å². The largest absolute Gasteiger partial charge is 0.481 e. The molecule has 0 radical (unpaired) electrons. The van der Waals surface area contributed by atoms with Crippen LogP contribution >= 0.6 is 0 Å². The van der Waals surface area contributed by atoms with Gasteiger partial charge in [-0.1, -0.05) is 0 Å². The summed E-state index contributed by atoms with van der Waals surface area (Å²) in [6.45, 7) is 7.32. The molecule has 0 aliphatic heterocycles. The lowest BCUT2D eigenvalue weighted by Crippen LogP contribution is -2.13. The molecule has 0 spiro atoms. The summed E-state index contributed by atoms with van der Waals surface area (Å²) in [5.74, 6) is 0.469. The van der Waals surface area contributed by atoms with Crippen molar-refractivity contribution >= 4 is 11.8 Å². The Hall–Kier alpha value is -3.60. The summed E-state index contributed by atoms with van der Waals surface area (Å²) >= 11 is 0. The quantitative estimate of drug-likeness (QED) is 0.692. The Morgan fingerprint density at radius 3 is 2.68 bits per heavy atom. The molecule has 0 aromatic carbocycles. The predicted octanol–water partition coefficient (Wildman–Crippen LogP) is 3.62. The minimum absolute atomic E-state index is 0.0404. The molecule has 0 saturated heterocycles. The molecule has 0 fully saturated rings. The normalized spacial score (nSPS) is 12.0. The number of nitrogens with zero attached hydrogens (tertiary/aromatic N) is 4. The second-order valence-electron chi connectivity index (χ2n) is 6.77. The van der Waals surface area contributed by atoms with Crippen LogP contribution in [0.3, 0.4) is 0 Å². The van der Waals surface area contributed by atoms with Crippen LogP contribution in [-0.4, -0.2) is 25.8 Å². The zero-order valence-corrected chi connectivity index (χ0v) is 16.1. The van der Waals surface area contributed by atoms with Gasteiger partial charge in [-0.25, -0.2) is 4.98 Å². The molecule has 0 aliphatic carbocycles. The molecule has 3 rings (SSSR count). The van der Waals surface area contributed by atoms with Gasteiger partial charge in [-0.2, -0.15) is 10.4 Å². The third-order valence-electron chi connectivity index (χ3n) is 4.63. The summed E-state index contributed by atoms with van der Waals surface area (Å²) in [4.78, 5) is 15.5. The topological polar surface area (TPSA) is 131 Å². The fraction of sp³-hybridized carbons (Fsp3) is 0.300. The number of pyridine rings is 1. The van der Waals surface area contributed by atoms with Gasteiger partial charge in [-0.15, -0.1) is 0 Å². The van der Waals surface area contributed by atoms with E-state index in [2.05, 4.69) is 16.2 Å². The van der Waals surface area contributed by atoms with Crippen LogP contribution < -0.4 is 5.73 Å². The Morgan fingerprint density at radius 1 is 1.39 bits per heavy atom. The number of furan rings is 1. The van der Waals surface area contributed by atoms with E-state index >= 15 is 0 Å². The molecule has 28 heavy (non-hydrogen) atoms. The predicted molar refractivity (Wildman–Crippen MR) is 103 cm³/mol. The molecule has 1 atom stereocenters. The average Bonchev–Trinajstić information content (AvgIpc) is 3.16. The van der Waals surface area contributed by atoms with E-state index < -0.39 is 5.97 Å². The fourth-order valence-electron chi connectivity index (χ4n) is 3.39. The highest BCUT2D eigenvalue weighted by Gasteiger charge is 2.22. The number of hydrogen-bond acceptors (Lipinski definition) is 6. The number of aliphatic carboxylic acids is 1. The number of hydrogen-bond donors (Lipinski definition) is 2. The molecular formula is C20H21N5O3. The molecule has 8 nitrogen and oxygen atoms in total. The smallest absolute Gasteiger partial charge is 0.305 e. The number of carboxylic acid groups (broad SMARTS) is 1. The van der Waals surface area contributed by atoms with Gasteiger partial charge in [0, 0.05) is 16.8 Å². The van der Waals surface area contributed by atoms with E-state index in [1.54, 1.807) is 23.7 Å². The minimum Gasteiger partial charge on any atom is -0.481 e. The second-order valence-corrected chi connectivity index (χ2v) is 6.77. The highest BCUT2D eigenvalue weighted by molar-refractivity contribution is 5.79. The lowest BCUT2D eigenvalue weighted by Gasteiger charge is -2.13. The van der Waals surface area contributed by atoms with Gasteiger partial charge in [-0.05, 0) is 45.9 Å². The van der Waals surface area contributed by atoms with Crippen LogP contribution in [-0.2, 0) is 4.79 Å². The summed E-state index contributed by atoms with van der Waals surface area (Å²) in [7, 11) is 0. The summed E-state index contributed by atoms with van der Waals surface area (Å²) in [6.07, 6.45) is -0.0404. The molecule has 3 heterocycles. The van der Waals surface area contributed by atoms with Crippen molar-refractivity contribution in [2.75, 3.05) is 5.73 Å². The second kappa shape index (κ2) is 7.19. The average molecular weight is 379 g/mol. The number of carbonyl (C=O) groups is 1. The number of rotatable bonds is 5. The van der Waals surface area contributed by atoms with Crippen molar-refractivity contribution < 1.29 is 14.3 Å². The van der Waals surface area contributed by atoms with Crippen LogP contribution in [0.25, 0.3) is 22.6 Å². The zero-order chi connectivity index (χ0) is 20.6. The van der Waals surface area contributed by atoms with Crippen molar-refractivity contribution in [3.8, 4) is 28.7 Å². The maximum atomic E-state index is 11.1. The molecule has 0 amide bonds. The first-order valence-electron chi connectivity index (χ1n) is 8.78. The summed E-state index contributed by atoms with van der Waals surface area (Å²) in [5.41, 5.74) is 9.68. The summed E-state index contributed by atoms with van der Waals surface area (Å²) < 4.78 is 7.37. The molecule has 0 aliphatic rings. The maximum absolute atomic E-state index is 11.1. The fourth-order valence-corrected chi connectivity index (χ4v) is 3.39. The van der Waals surface area contributed by atoms with Gasteiger partial charge in [0.2, 0.25) is 0 Å². The molecule has 3 aromatic rings.